The van der Waals surface area contributed by atoms with Crippen molar-refractivity contribution in [2.24, 2.45) is 0 Å². The van der Waals surface area contributed by atoms with Crippen molar-refractivity contribution < 1.29 is 14.0 Å². The van der Waals surface area contributed by atoms with E-state index in [0.29, 0.717) is 37.6 Å². The minimum atomic E-state index is -0.283. The number of nitrogens with zero attached hydrogens (tertiary/aromatic N) is 2. The molecule has 7 heteroatoms. The number of amides is 2. The fraction of sp³-hybridized carbons (Fsp3) is 0.450. The Hall–Kier alpha value is -2.67. The fourth-order valence-corrected chi connectivity index (χ4v) is 3.56. The summed E-state index contributed by atoms with van der Waals surface area (Å²) in [5.41, 5.74) is 1.71. The summed E-state index contributed by atoms with van der Waals surface area (Å²) in [5, 5.41) is 5.90. The number of aryl methyl sites for hydroxylation is 2. The lowest BCUT2D eigenvalue weighted by atomic mass is 10.1. The standard InChI is InChI=1S/C20H26N4O3/c1-4-21-19(25)17-10-16(12-24(17)11-15-8-6-5-7-9-15)23-20(26)18-13(2)22-14(3)27-18/h5-9,16-17H,4,10-12H2,1-3H3,(H,21,25)(H,23,26)/t16-,17+/m1/s1. The van der Waals surface area contributed by atoms with E-state index in [1.165, 1.54) is 0 Å². The van der Waals surface area contributed by atoms with Crippen molar-refractivity contribution in [1.82, 2.24) is 20.5 Å². The first kappa shape index (κ1) is 19.1. The van der Waals surface area contributed by atoms with E-state index in [0.717, 1.165) is 5.56 Å². The Kier molecular flexibility index (Phi) is 5.91. The molecule has 0 bridgehead atoms. The van der Waals surface area contributed by atoms with Crippen molar-refractivity contribution in [3.63, 3.8) is 0 Å². The van der Waals surface area contributed by atoms with Crippen LogP contribution in [0, 0.1) is 13.8 Å². The highest BCUT2D eigenvalue weighted by Crippen LogP contribution is 2.22. The molecule has 1 aliphatic heterocycles. The number of carbonyl (C=O) groups is 2. The average molecular weight is 370 g/mol. The average Bonchev–Trinajstić information content (AvgIpc) is 3.18. The van der Waals surface area contributed by atoms with Gasteiger partial charge in [-0.25, -0.2) is 4.98 Å². The Bertz CT molecular complexity index is 803. The van der Waals surface area contributed by atoms with Gasteiger partial charge in [0.1, 0.15) is 0 Å². The van der Waals surface area contributed by atoms with E-state index in [1.54, 1.807) is 13.8 Å². The molecular weight excluding hydrogens is 344 g/mol. The first-order chi connectivity index (χ1) is 13.0. The van der Waals surface area contributed by atoms with E-state index in [1.807, 2.05) is 37.3 Å². The summed E-state index contributed by atoms with van der Waals surface area (Å²) in [6.07, 6.45) is 0.566. The minimum Gasteiger partial charge on any atom is -0.436 e. The maximum absolute atomic E-state index is 12.5. The van der Waals surface area contributed by atoms with Crippen LogP contribution in [0.5, 0.6) is 0 Å². The van der Waals surface area contributed by atoms with Crippen LogP contribution in [0.4, 0.5) is 0 Å². The summed E-state index contributed by atoms with van der Waals surface area (Å²) in [7, 11) is 0. The number of likely N-dealkylation sites (N-methyl/N-ethyl adjacent to an activating group) is 1. The molecule has 7 nitrogen and oxygen atoms in total. The quantitative estimate of drug-likeness (QED) is 0.810. The van der Waals surface area contributed by atoms with Gasteiger partial charge in [-0.2, -0.15) is 0 Å². The van der Waals surface area contributed by atoms with Crippen molar-refractivity contribution >= 4 is 11.8 Å². The molecule has 2 N–H and O–H groups in total. The van der Waals surface area contributed by atoms with Gasteiger partial charge in [-0.3, -0.25) is 14.5 Å². The van der Waals surface area contributed by atoms with Gasteiger partial charge >= 0.3 is 0 Å². The molecule has 0 unspecified atom stereocenters. The zero-order valence-electron chi connectivity index (χ0n) is 16.0. The second-order valence-electron chi connectivity index (χ2n) is 6.88. The van der Waals surface area contributed by atoms with E-state index in [2.05, 4.69) is 20.5 Å². The molecule has 2 atom stereocenters. The topological polar surface area (TPSA) is 87.5 Å². The van der Waals surface area contributed by atoms with Crippen molar-refractivity contribution in [2.45, 2.75) is 45.8 Å². The number of benzene rings is 1. The number of aromatic nitrogens is 1. The molecule has 0 radical (unpaired) electrons. The second kappa shape index (κ2) is 8.35. The summed E-state index contributed by atoms with van der Waals surface area (Å²) >= 11 is 0. The van der Waals surface area contributed by atoms with Crippen LogP contribution in [0.15, 0.2) is 34.7 Å². The van der Waals surface area contributed by atoms with E-state index in [-0.39, 0.29) is 29.7 Å². The molecule has 1 fully saturated rings. The first-order valence-electron chi connectivity index (χ1n) is 9.28. The maximum Gasteiger partial charge on any atom is 0.289 e. The van der Waals surface area contributed by atoms with Crippen molar-refractivity contribution in [3.05, 3.63) is 53.2 Å². The van der Waals surface area contributed by atoms with Crippen molar-refractivity contribution in [1.29, 1.82) is 0 Å². The van der Waals surface area contributed by atoms with Gasteiger partial charge in [0.15, 0.2) is 5.89 Å². The lowest BCUT2D eigenvalue weighted by Gasteiger charge is -2.23. The Balaban J connectivity index is 1.71. The van der Waals surface area contributed by atoms with Crippen LogP contribution >= 0.6 is 0 Å². The number of rotatable bonds is 6. The van der Waals surface area contributed by atoms with Gasteiger partial charge in [0.25, 0.3) is 5.91 Å². The summed E-state index contributed by atoms with van der Waals surface area (Å²) < 4.78 is 5.41. The Morgan fingerprint density at radius 3 is 2.63 bits per heavy atom. The van der Waals surface area contributed by atoms with Crippen LogP contribution in [-0.4, -0.2) is 46.9 Å². The third kappa shape index (κ3) is 4.54. The van der Waals surface area contributed by atoms with Crippen LogP contribution in [0.25, 0.3) is 0 Å². The number of hydrogen-bond acceptors (Lipinski definition) is 5. The van der Waals surface area contributed by atoms with E-state index in [9.17, 15) is 9.59 Å². The molecule has 0 aliphatic carbocycles. The Morgan fingerprint density at radius 1 is 1.26 bits per heavy atom. The predicted molar refractivity (Wildman–Crippen MR) is 101 cm³/mol. The lowest BCUT2D eigenvalue weighted by molar-refractivity contribution is -0.125. The van der Waals surface area contributed by atoms with Gasteiger partial charge in [0, 0.05) is 32.6 Å². The Morgan fingerprint density at radius 2 is 2.00 bits per heavy atom. The van der Waals surface area contributed by atoms with E-state index >= 15 is 0 Å². The maximum atomic E-state index is 12.5. The molecule has 3 rings (SSSR count). The highest BCUT2D eigenvalue weighted by Gasteiger charge is 2.37. The van der Waals surface area contributed by atoms with Crippen LogP contribution < -0.4 is 10.6 Å². The van der Waals surface area contributed by atoms with Gasteiger partial charge in [0.2, 0.25) is 11.7 Å². The number of nitrogens with one attached hydrogen (secondary N) is 2. The van der Waals surface area contributed by atoms with Gasteiger partial charge in [-0.1, -0.05) is 30.3 Å². The van der Waals surface area contributed by atoms with Crippen LogP contribution in [0.1, 0.15) is 41.0 Å². The van der Waals surface area contributed by atoms with Crippen LogP contribution in [-0.2, 0) is 11.3 Å². The third-order valence-electron chi connectivity index (χ3n) is 4.73. The van der Waals surface area contributed by atoms with Gasteiger partial charge < -0.3 is 15.1 Å². The molecule has 1 aromatic heterocycles. The SMILES string of the molecule is CCNC(=O)[C@@H]1C[C@@H](NC(=O)c2oc(C)nc2C)CN1Cc1ccccc1. The smallest absolute Gasteiger partial charge is 0.289 e. The summed E-state index contributed by atoms with van der Waals surface area (Å²) in [6.45, 7) is 7.22. The lowest BCUT2D eigenvalue weighted by Crippen LogP contribution is -2.42. The normalized spacial score (nSPS) is 19.8. The Labute approximate surface area is 159 Å². The molecule has 2 amide bonds. The van der Waals surface area contributed by atoms with Crippen LogP contribution in [0.3, 0.4) is 0 Å². The van der Waals surface area contributed by atoms with Gasteiger partial charge in [-0.15, -0.1) is 0 Å². The summed E-state index contributed by atoms with van der Waals surface area (Å²) in [5.74, 6) is 0.421. The number of likely N-dealkylation sites (tertiary alicyclic amines) is 1. The van der Waals surface area contributed by atoms with Crippen molar-refractivity contribution in [2.75, 3.05) is 13.1 Å². The van der Waals surface area contributed by atoms with Gasteiger partial charge in [-0.05, 0) is 25.8 Å². The van der Waals surface area contributed by atoms with Gasteiger partial charge in [0.05, 0.1) is 11.7 Å². The number of carbonyl (C=O) groups excluding carboxylic acids is 2. The van der Waals surface area contributed by atoms with Crippen molar-refractivity contribution in [3.8, 4) is 0 Å². The molecule has 27 heavy (non-hydrogen) atoms. The summed E-state index contributed by atoms with van der Waals surface area (Å²) in [4.78, 5) is 31.3. The molecule has 1 saturated heterocycles. The zero-order valence-corrected chi connectivity index (χ0v) is 16.0. The largest absolute Gasteiger partial charge is 0.436 e. The molecule has 1 aromatic carbocycles. The molecule has 1 aliphatic rings. The first-order valence-corrected chi connectivity index (χ1v) is 9.28. The molecular formula is C20H26N4O3. The highest BCUT2D eigenvalue weighted by molar-refractivity contribution is 5.92. The monoisotopic (exact) mass is 370 g/mol. The van der Waals surface area contributed by atoms with E-state index in [4.69, 9.17) is 4.42 Å². The second-order valence-corrected chi connectivity index (χ2v) is 6.88. The third-order valence-corrected chi connectivity index (χ3v) is 4.73. The molecule has 0 spiro atoms. The summed E-state index contributed by atoms with van der Waals surface area (Å²) in [6, 6.07) is 9.63. The minimum absolute atomic E-state index is 0.00290. The predicted octanol–water partition coefficient (Wildman–Crippen LogP) is 1.80. The molecule has 144 valence electrons. The highest BCUT2D eigenvalue weighted by atomic mass is 16.4. The number of hydrogen-bond donors (Lipinski definition) is 2. The fourth-order valence-electron chi connectivity index (χ4n) is 3.56. The molecule has 2 heterocycles. The van der Waals surface area contributed by atoms with E-state index < -0.39 is 0 Å². The zero-order chi connectivity index (χ0) is 19.4. The molecule has 0 saturated carbocycles. The van der Waals surface area contributed by atoms with Crippen LogP contribution in [0.2, 0.25) is 0 Å². The number of oxazole rings is 1. The molecule has 2 aromatic rings.